The molecule has 0 bridgehead atoms. The van der Waals surface area contributed by atoms with E-state index in [9.17, 15) is 0 Å². The Morgan fingerprint density at radius 2 is 2.00 bits per heavy atom. The van der Waals surface area contributed by atoms with Crippen LogP contribution in [0.5, 0.6) is 0 Å². The summed E-state index contributed by atoms with van der Waals surface area (Å²) in [5.41, 5.74) is 3.34. The summed E-state index contributed by atoms with van der Waals surface area (Å²) < 4.78 is 13.8. The second-order valence-corrected chi connectivity index (χ2v) is 9.50. The largest absolute Gasteiger partial charge is 0.378 e. The Hall–Kier alpha value is -1.83. The van der Waals surface area contributed by atoms with Crippen molar-refractivity contribution in [3.63, 3.8) is 0 Å². The lowest BCUT2D eigenvalue weighted by Gasteiger charge is -2.37. The van der Waals surface area contributed by atoms with E-state index in [-0.39, 0.29) is 12.1 Å². The molecule has 7 nitrogen and oxygen atoms in total. The van der Waals surface area contributed by atoms with Gasteiger partial charge in [-0.05, 0) is 68.1 Å². The smallest absolute Gasteiger partial charge is 0.108 e. The molecule has 0 amide bonds. The second-order valence-electron chi connectivity index (χ2n) is 9.50. The molecule has 1 saturated heterocycles. The molecule has 0 radical (unpaired) electrons. The standard InChI is InChI=1S/C23H33N5O2/c1-16-7-18(5-6-24-16)10-27-11-19-8-22(28-13-21(15-29-2)25-26-28)23(9-20(19)12-27)30-14-17-3-4-17/h5-7,13,17,19-20,22-23H,3-4,8-12,14-15H2,1-2H3/t19-,20+,22-,23-/m1/s1. The number of ether oxygens (including phenoxy) is 2. The molecule has 7 heteroatoms. The minimum Gasteiger partial charge on any atom is -0.378 e. The fraction of sp³-hybridized carbons (Fsp3) is 0.696. The van der Waals surface area contributed by atoms with Gasteiger partial charge in [0, 0.05) is 45.2 Å². The molecule has 3 fully saturated rings. The zero-order chi connectivity index (χ0) is 20.5. The molecule has 2 saturated carbocycles. The van der Waals surface area contributed by atoms with Crippen LogP contribution in [0.15, 0.2) is 24.5 Å². The molecule has 162 valence electrons. The normalized spacial score (nSPS) is 29.3. The van der Waals surface area contributed by atoms with Crippen molar-refractivity contribution in [3.05, 3.63) is 41.5 Å². The number of methoxy groups -OCH3 is 1. The maximum absolute atomic E-state index is 6.47. The van der Waals surface area contributed by atoms with E-state index in [1.807, 2.05) is 6.20 Å². The van der Waals surface area contributed by atoms with Gasteiger partial charge in [-0.2, -0.15) is 0 Å². The van der Waals surface area contributed by atoms with Gasteiger partial charge in [-0.1, -0.05) is 5.21 Å². The van der Waals surface area contributed by atoms with Crippen molar-refractivity contribution in [2.45, 2.75) is 57.9 Å². The minimum atomic E-state index is 0.229. The third kappa shape index (κ3) is 4.58. The summed E-state index contributed by atoms with van der Waals surface area (Å²) >= 11 is 0. The number of hydrogen-bond donors (Lipinski definition) is 0. The van der Waals surface area contributed by atoms with Gasteiger partial charge in [-0.25, -0.2) is 4.68 Å². The molecule has 0 unspecified atom stereocenters. The van der Waals surface area contributed by atoms with Crippen molar-refractivity contribution >= 4 is 0 Å². The van der Waals surface area contributed by atoms with Crippen LogP contribution >= 0.6 is 0 Å². The highest BCUT2D eigenvalue weighted by molar-refractivity contribution is 5.15. The quantitative estimate of drug-likeness (QED) is 0.665. The van der Waals surface area contributed by atoms with Crippen LogP contribution in [0.2, 0.25) is 0 Å². The molecule has 2 aromatic heterocycles. The third-order valence-corrected chi connectivity index (χ3v) is 6.96. The van der Waals surface area contributed by atoms with Crippen molar-refractivity contribution in [2.24, 2.45) is 17.8 Å². The molecule has 3 aliphatic rings. The topological polar surface area (TPSA) is 65.3 Å². The van der Waals surface area contributed by atoms with E-state index in [2.05, 4.69) is 50.1 Å². The fourth-order valence-electron chi connectivity index (χ4n) is 5.27. The number of likely N-dealkylation sites (tertiary alicyclic amines) is 1. The van der Waals surface area contributed by atoms with E-state index in [0.29, 0.717) is 18.4 Å². The number of pyridine rings is 1. The Morgan fingerprint density at radius 1 is 1.17 bits per heavy atom. The van der Waals surface area contributed by atoms with Crippen LogP contribution in [-0.2, 0) is 22.6 Å². The Morgan fingerprint density at radius 3 is 2.77 bits per heavy atom. The third-order valence-electron chi connectivity index (χ3n) is 6.96. The molecule has 2 aliphatic carbocycles. The molecule has 3 heterocycles. The first-order valence-corrected chi connectivity index (χ1v) is 11.3. The van der Waals surface area contributed by atoms with Gasteiger partial charge >= 0.3 is 0 Å². The van der Waals surface area contributed by atoms with Gasteiger partial charge in [0.1, 0.15) is 5.69 Å². The number of nitrogens with zero attached hydrogens (tertiary/aromatic N) is 5. The Kier molecular flexibility index (Phi) is 5.85. The predicted octanol–water partition coefficient (Wildman–Crippen LogP) is 3.01. The lowest BCUT2D eigenvalue weighted by Crippen LogP contribution is -2.38. The van der Waals surface area contributed by atoms with E-state index < -0.39 is 0 Å². The van der Waals surface area contributed by atoms with Gasteiger partial charge in [0.2, 0.25) is 0 Å². The van der Waals surface area contributed by atoms with Crippen molar-refractivity contribution < 1.29 is 9.47 Å². The average molecular weight is 412 g/mol. The highest BCUT2D eigenvalue weighted by Gasteiger charge is 2.44. The lowest BCUT2D eigenvalue weighted by atomic mass is 9.77. The van der Waals surface area contributed by atoms with E-state index in [1.165, 1.54) is 18.4 Å². The van der Waals surface area contributed by atoms with Gasteiger partial charge in [0.05, 0.1) is 24.9 Å². The highest BCUT2D eigenvalue weighted by atomic mass is 16.5. The van der Waals surface area contributed by atoms with Crippen LogP contribution < -0.4 is 0 Å². The fourth-order valence-corrected chi connectivity index (χ4v) is 5.27. The van der Waals surface area contributed by atoms with Gasteiger partial charge in [0.15, 0.2) is 0 Å². The van der Waals surface area contributed by atoms with Crippen LogP contribution in [0.25, 0.3) is 0 Å². The maximum Gasteiger partial charge on any atom is 0.108 e. The molecular formula is C23H33N5O2. The van der Waals surface area contributed by atoms with Crippen molar-refractivity contribution in [1.29, 1.82) is 0 Å². The van der Waals surface area contributed by atoms with Crippen LogP contribution in [0.3, 0.4) is 0 Å². The number of rotatable bonds is 8. The lowest BCUT2D eigenvalue weighted by molar-refractivity contribution is -0.0376. The van der Waals surface area contributed by atoms with E-state index >= 15 is 0 Å². The van der Waals surface area contributed by atoms with Crippen LogP contribution in [-0.4, -0.2) is 57.8 Å². The zero-order valence-electron chi connectivity index (χ0n) is 18.1. The summed E-state index contributed by atoms with van der Waals surface area (Å²) in [5, 5.41) is 8.75. The molecule has 30 heavy (non-hydrogen) atoms. The van der Waals surface area contributed by atoms with E-state index in [0.717, 1.165) is 56.4 Å². The first-order valence-electron chi connectivity index (χ1n) is 11.3. The maximum atomic E-state index is 6.47. The van der Waals surface area contributed by atoms with Crippen molar-refractivity contribution in [2.75, 3.05) is 26.8 Å². The van der Waals surface area contributed by atoms with Crippen molar-refractivity contribution in [1.82, 2.24) is 24.9 Å². The van der Waals surface area contributed by atoms with Crippen LogP contribution in [0, 0.1) is 24.7 Å². The Bertz CT molecular complexity index is 852. The highest BCUT2D eigenvalue weighted by Crippen LogP contribution is 2.43. The predicted molar refractivity (Wildman–Crippen MR) is 113 cm³/mol. The first kappa shape index (κ1) is 20.1. The molecule has 5 rings (SSSR count). The zero-order valence-corrected chi connectivity index (χ0v) is 18.1. The van der Waals surface area contributed by atoms with Gasteiger partial charge < -0.3 is 9.47 Å². The number of fused-ring (bicyclic) bond motifs is 1. The van der Waals surface area contributed by atoms with Gasteiger partial charge in [0.25, 0.3) is 0 Å². The summed E-state index contributed by atoms with van der Waals surface area (Å²) in [5.74, 6) is 2.17. The summed E-state index contributed by atoms with van der Waals surface area (Å²) in [7, 11) is 1.70. The molecule has 0 aromatic carbocycles. The summed E-state index contributed by atoms with van der Waals surface area (Å²) in [6.45, 7) is 6.79. The molecule has 1 aliphatic heterocycles. The Balaban J connectivity index is 1.28. The van der Waals surface area contributed by atoms with Crippen LogP contribution in [0.1, 0.15) is 48.7 Å². The summed E-state index contributed by atoms with van der Waals surface area (Å²) in [6, 6.07) is 4.62. The summed E-state index contributed by atoms with van der Waals surface area (Å²) in [4.78, 5) is 6.95. The monoisotopic (exact) mass is 411 g/mol. The number of aromatic nitrogens is 4. The second kappa shape index (κ2) is 8.73. The average Bonchev–Trinajstić information content (AvgIpc) is 3.30. The molecular weight excluding hydrogens is 378 g/mol. The van der Waals surface area contributed by atoms with Gasteiger partial charge in [-0.3, -0.25) is 9.88 Å². The van der Waals surface area contributed by atoms with Crippen LogP contribution in [0.4, 0.5) is 0 Å². The Labute approximate surface area is 178 Å². The molecule has 4 atom stereocenters. The molecule has 0 spiro atoms. The SMILES string of the molecule is COCc1cn([C@@H]2C[C@@H]3CN(Cc4ccnc(C)c4)C[C@@H]3C[C@H]2OCC2CC2)nn1. The van der Waals surface area contributed by atoms with Crippen molar-refractivity contribution in [3.8, 4) is 0 Å². The van der Waals surface area contributed by atoms with E-state index in [1.54, 1.807) is 7.11 Å². The first-order chi connectivity index (χ1) is 14.7. The molecule has 2 aromatic rings. The number of aryl methyl sites for hydroxylation is 1. The van der Waals surface area contributed by atoms with E-state index in [4.69, 9.17) is 9.47 Å². The van der Waals surface area contributed by atoms with Gasteiger partial charge in [-0.15, -0.1) is 5.10 Å². The molecule has 0 N–H and O–H groups in total. The summed E-state index contributed by atoms with van der Waals surface area (Å²) in [6.07, 6.45) is 9.08. The minimum absolute atomic E-state index is 0.229. The number of hydrogen-bond acceptors (Lipinski definition) is 6.